The molecule has 7 heteroatoms. The summed E-state index contributed by atoms with van der Waals surface area (Å²) in [5, 5.41) is 2.21. The maximum absolute atomic E-state index is 12.7. The number of anilines is 1. The fourth-order valence-electron chi connectivity index (χ4n) is 2.23. The van der Waals surface area contributed by atoms with Gasteiger partial charge in [-0.05, 0) is 64.6 Å². The zero-order valence-electron chi connectivity index (χ0n) is 12.1. The third kappa shape index (κ3) is 3.27. The maximum atomic E-state index is 12.7. The number of amides is 4. The van der Waals surface area contributed by atoms with Crippen LogP contribution < -0.4 is 10.2 Å². The molecule has 4 amide bonds. The lowest BCUT2D eigenvalue weighted by Gasteiger charge is -2.26. The van der Waals surface area contributed by atoms with Crippen LogP contribution in [0.15, 0.2) is 58.6 Å². The van der Waals surface area contributed by atoms with Gasteiger partial charge in [0.25, 0.3) is 11.8 Å². The summed E-state index contributed by atoms with van der Waals surface area (Å²) >= 11 is 5.42. The molecule has 0 bridgehead atoms. The molecule has 0 atom stereocenters. The van der Waals surface area contributed by atoms with Crippen molar-refractivity contribution in [3.05, 3.63) is 67.7 Å². The van der Waals surface area contributed by atoms with E-state index >= 15 is 0 Å². The third-order valence-electron chi connectivity index (χ3n) is 3.39. The van der Waals surface area contributed by atoms with E-state index in [9.17, 15) is 14.4 Å². The second-order valence-corrected chi connectivity index (χ2v) is 7.03. The number of rotatable bonds is 2. The van der Waals surface area contributed by atoms with E-state index in [1.807, 2.05) is 18.2 Å². The normalized spacial score (nSPS) is 16.5. The van der Waals surface area contributed by atoms with Crippen molar-refractivity contribution in [3.63, 3.8) is 0 Å². The number of urea groups is 1. The van der Waals surface area contributed by atoms with Crippen LogP contribution in [0.4, 0.5) is 10.5 Å². The van der Waals surface area contributed by atoms with Crippen LogP contribution in [0.3, 0.4) is 0 Å². The van der Waals surface area contributed by atoms with E-state index in [1.165, 1.54) is 6.08 Å². The van der Waals surface area contributed by atoms with Gasteiger partial charge in [0.1, 0.15) is 5.57 Å². The molecule has 0 spiro atoms. The minimum absolute atomic E-state index is 0.0818. The Morgan fingerprint density at radius 3 is 2.33 bits per heavy atom. The van der Waals surface area contributed by atoms with Crippen LogP contribution in [-0.4, -0.2) is 17.8 Å². The Morgan fingerprint density at radius 1 is 1.00 bits per heavy atom. The molecule has 0 aliphatic carbocycles. The zero-order valence-corrected chi connectivity index (χ0v) is 15.9. The summed E-state index contributed by atoms with van der Waals surface area (Å²) in [6.45, 7) is 0. The SMILES string of the molecule is O=C1NC(=O)N(c2ccc(Br)cc2)C(=O)C1=Cc1ccccc1I. The molecule has 1 fully saturated rings. The van der Waals surface area contributed by atoms with Crippen molar-refractivity contribution in [1.29, 1.82) is 0 Å². The van der Waals surface area contributed by atoms with Crippen LogP contribution in [0.25, 0.3) is 6.08 Å². The highest BCUT2D eigenvalue weighted by atomic mass is 127. The van der Waals surface area contributed by atoms with Gasteiger partial charge in [0.15, 0.2) is 0 Å². The lowest BCUT2D eigenvalue weighted by atomic mass is 10.1. The maximum Gasteiger partial charge on any atom is 0.335 e. The number of imide groups is 2. The minimum atomic E-state index is -0.757. The van der Waals surface area contributed by atoms with Gasteiger partial charge in [-0.2, -0.15) is 0 Å². The molecular weight excluding hydrogens is 487 g/mol. The number of barbiturate groups is 1. The van der Waals surface area contributed by atoms with Gasteiger partial charge in [-0.15, -0.1) is 0 Å². The molecule has 120 valence electrons. The van der Waals surface area contributed by atoms with Crippen molar-refractivity contribution >= 4 is 68.1 Å². The average molecular weight is 497 g/mol. The third-order valence-corrected chi connectivity index (χ3v) is 4.90. The second-order valence-electron chi connectivity index (χ2n) is 4.96. The number of halogens is 2. The molecule has 1 N–H and O–H groups in total. The van der Waals surface area contributed by atoms with Crippen LogP contribution in [0.1, 0.15) is 5.56 Å². The van der Waals surface area contributed by atoms with Gasteiger partial charge >= 0.3 is 6.03 Å². The van der Waals surface area contributed by atoms with Crippen LogP contribution in [0.5, 0.6) is 0 Å². The highest BCUT2D eigenvalue weighted by molar-refractivity contribution is 14.1. The Morgan fingerprint density at radius 2 is 1.67 bits per heavy atom. The lowest BCUT2D eigenvalue weighted by molar-refractivity contribution is -0.122. The Hall–Kier alpha value is -2.00. The molecule has 0 unspecified atom stereocenters. The topological polar surface area (TPSA) is 66.5 Å². The summed E-state index contributed by atoms with van der Waals surface area (Å²) in [6, 6.07) is 13.3. The Balaban J connectivity index is 2.03. The van der Waals surface area contributed by atoms with Crippen molar-refractivity contribution < 1.29 is 14.4 Å². The molecule has 1 saturated heterocycles. The summed E-state index contributed by atoms with van der Waals surface area (Å²) in [5.74, 6) is -1.34. The van der Waals surface area contributed by atoms with Gasteiger partial charge in [-0.3, -0.25) is 14.9 Å². The predicted octanol–water partition coefficient (Wildman–Crippen LogP) is 3.72. The molecule has 1 heterocycles. The van der Waals surface area contributed by atoms with Crippen molar-refractivity contribution in [2.75, 3.05) is 4.90 Å². The largest absolute Gasteiger partial charge is 0.335 e. The van der Waals surface area contributed by atoms with Gasteiger partial charge in [-0.1, -0.05) is 34.1 Å². The average Bonchev–Trinajstić information content (AvgIpc) is 2.54. The molecule has 2 aromatic carbocycles. The van der Waals surface area contributed by atoms with Gasteiger partial charge < -0.3 is 0 Å². The Bertz CT molecular complexity index is 878. The smallest absolute Gasteiger partial charge is 0.273 e. The summed E-state index contributed by atoms with van der Waals surface area (Å²) in [7, 11) is 0. The first-order chi connectivity index (χ1) is 11.5. The van der Waals surface area contributed by atoms with Gasteiger partial charge in [0, 0.05) is 8.04 Å². The fraction of sp³-hybridized carbons (Fsp3) is 0. The number of nitrogens with zero attached hydrogens (tertiary/aromatic N) is 1. The van der Waals surface area contributed by atoms with E-state index in [0.717, 1.165) is 18.5 Å². The van der Waals surface area contributed by atoms with E-state index in [0.29, 0.717) is 5.69 Å². The molecule has 2 aromatic rings. The molecule has 0 saturated carbocycles. The summed E-state index contributed by atoms with van der Waals surface area (Å²) in [5.41, 5.74) is 1.05. The van der Waals surface area contributed by atoms with E-state index in [4.69, 9.17) is 0 Å². The number of nitrogens with one attached hydrogen (secondary N) is 1. The Kier molecular flexibility index (Phi) is 4.81. The van der Waals surface area contributed by atoms with Crippen molar-refractivity contribution in [1.82, 2.24) is 5.32 Å². The lowest BCUT2D eigenvalue weighted by Crippen LogP contribution is -2.54. The molecule has 1 aliphatic rings. The van der Waals surface area contributed by atoms with Gasteiger partial charge in [0.05, 0.1) is 5.69 Å². The quantitative estimate of drug-likeness (QED) is 0.391. The van der Waals surface area contributed by atoms with E-state index < -0.39 is 17.8 Å². The second kappa shape index (κ2) is 6.86. The summed E-state index contributed by atoms with van der Waals surface area (Å²) < 4.78 is 1.72. The first kappa shape index (κ1) is 16.8. The summed E-state index contributed by atoms with van der Waals surface area (Å²) in [4.78, 5) is 37.9. The standard InChI is InChI=1S/C17H10BrIN2O3/c18-11-5-7-12(8-6-11)21-16(23)13(15(22)20-17(21)24)9-10-3-1-2-4-14(10)19/h1-9H,(H,20,22,24). The molecule has 5 nitrogen and oxygen atoms in total. The van der Waals surface area contributed by atoms with E-state index in [2.05, 4.69) is 43.8 Å². The fourth-order valence-corrected chi connectivity index (χ4v) is 3.04. The molecular formula is C17H10BrIN2O3. The van der Waals surface area contributed by atoms with E-state index in [1.54, 1.807) is 30.3 Å². The number of carbonyl (C=O) groups excluding carboxylic acids is 3. The monoisotopic (exact) mass is 496 g/mol. The zero-order chi connectivity index (χ0) is 17.3. The number of benzene rings is 2. The molecule has 3 rings (SSSR count). The number of carbonyl (C=O) groups is 3. The molecule has 0 aromatic heterocycles. The molecule has 0 radical (unpaired) electrons. The van der Waals surface area contributed by atoms with Crippen LogP contribution in [-0.2, 0) is 9.59 Å². The van der Waals surface area contributed by atoms with Gasteiger partial charge in [-0.25, -0.2) is 9.69 Å². The van der Waals surface area contributed by atoms with Crippen LogP contribution in [0, 0.1) is 3.57 Å². The van der Waals surface area contributed by atoms with Gasteiger partial charge in [0.2, 0.25) is 0 Å². The summed E-state index contributed by atoms with van der Waals surface area (Å²) in [6.07, 6.45) is 1.50. The number of hydrogen-bond acceptors (Lipinski definition) is 3. The highest BCUT2D eigenvalue weighted by Gasteiger charge is 2.36. The van der Waals surface area contributed by atoms with Crippen LogP contribution >= 0.6 is 38.5 Å². The van der Waals surface area contributed by atoms with Crippen LogP contribution in [0.2, 0.25) is 0 Å². The number of hydrogen-bond donors (Lipinski definition) is 1. The Labute approximate surface area is 160 Å². The van der Waals surface area contributed by atoms with Crippen molar-refractivity contribution in [3.8, 4) is 0 Å². The van der Waals surface area contributed by atoms with E-state index in [-0.39, 0.29) is 5.57 Å². The highest BCUT2D eigenvalue weighted by Crippen LogP contribution is 2.24. The van der Waals surface area contributed by atoms with Crippen molar-refractivity contribution in [2.24, 2.45) is 0 Å². The first-order valence-corrected chi connectivity index (χ1v) is 8.76. The molecule has 1 aliphatic heterocycles. The predicted molar refractivity (Wildman–Crippen MR) is 102 cm³/mol. The molecule has 24 heavy (non-hydrogen) atoms. The minimum Gasteiger partial charge on any atom is -0.273 e. The van der Waals surface area contributed by atoms with Crippen molar-refractivity contribution in [2.45, 2.75) is 0 Å². The first-order valence-electron chi connectivity index (χ1n) is 6.89.